The van der Waals surface area contributed by atoms with Crippen LogP contribution in [0.3, 0.4) is 0 Å². The van der Waals surface area contributed by atoms with Crippen molar-refractivity contribution in [1.29, 1.82) is 0 Å². The Morgan fingerprint density at radius 3 is 2.58 bits per heavy atom. The van der Waals surface area contributed by atoms with Crippen molar-refractivity contribution in [3.8, 4) is 0 Å². The molecule has 0 aromatic carbocycles. The number of carbonyl (C=O) groups is 1. The first-order valence-electron chi connectivity index (χ1n) is 6.88. The first-order valence-corrected chi connectivity index (χ1v) is 6.88. The van der Waals surface area contributed by atoms with Gasteiger partial charge in [0, 0.05) is 32.3 Å². The Morgan fingerprint density at radius 2 is 2.05 bits per heavy atom. The minimum Gasteiger partial charge on any atom is -0.372 e. The molecule has 1 saturated heterocycles. The Bertz CT molecular complexity index is 446. The quantitative estimate of drug-likeness (QED) is 0.827. The smallest absolute Gasteiger partial charge is 0.223 e. The molecule has 0 aliphatic carbocycles. The molecular weight excluding hydrogens is 242 g/mol. The third-order valence-electron chi connectivity index (χ3n) is 3.72. The Kier molecular flexibility index (Phi) is 4.24. The molecule has 1 aromatic heterocycles. The normalized spacial score (nSPS) is 23.7. The maximum absolute atomic E-state index is 12.2. The van der Waals surface area contributed by atoms with E-state index < -0.39 is 0 Å². The van der Waals surface area contributed by atoms with Crippen LogP contribution < -0.4 is 0 Å². The molecule has 1 aliphatic rings. The van der Waals surface area contributed by atoms with Gasteiger partial charge in [-0.05, 0) is 32.8 Å². The maximum Gasteiger partial charge on any atom is 0.223 e. The standard InChI is InChI=1S/C14H23N3O2/c1-10-8-17(9-11(2)19-10)14(18)6-5-13-7-15-16(4)12(13)3/h7,10-11H,5-6,8-9H2,1-4H3. The molecule has 5 nitrogen and oxygen atoms in total. The van der Waals surface area contributed by atoms with Gasteiger partial charge in [0.1, 0.15) is 0 Å². The Morgan fingerprint density at radius 1 is 1.42 bits per heavy atom. The third-order valence-corrected chi connectivity index (χ3v) is 3.72. The number of aromatic nitrogens is 2. The van der Waals surface area contributed by atoms with Crippen LogP contribution in [-0.4, -0.2) is 45.9 Å². The summed E-state index contributed by atoms with van der Waals surface area (Å²) in [6.07, 6.45) is 3.43. The minimum atomic E-state index is 0.132. The number of hydrogen-bond acceptors (Lipinski definition) is 3. The first-order chi connectivity index (χ1) is 8.97. The van der Waals surface area contributed by atoms with E-state index in [9.17, 15) is 4.79 Å². The number of nitrogens with zero attached hydrogens (tertiary/aromatic N) is 3. The molecule has 0 spiro atoms. The number of aryl methyl sites for hydroxylation is 2. The van der Waals surface area contributed by atoms with Gasteiger partial charge in [-0.2, -0.15) is 5.10 Å². The van der Waals surface area contributed by atoms with Gasteiger partial charge >= 0.3 is 0 Å². The predicted molar refractivity (Wildman–Crippen MR) is 72.9 cm³/mol. The van der Waals surface area contributed by atoms with E-state index in [1.54, 1.807) is 0 Å². The lowest BCUT2D eigenvalue weighted by molar-refractivity contribution is -0.143. The Hall–Kier alpha value is -1.36. The van der Waals surface area contributed by atoms with Crippen LogP contribution in [0.2, 0.25) is 0 Å². The van der Waals surface area contributed by atoms with E-state index >= 15 is 0 Å². The fraction of sp³-hybridized carbons (Fsp3) is 0.714. The predicted octanol–water partition coefficient (Wildman–Crippen LogP) is 1.30. The second-order valence-corrected chi connectivity index (χ2v) is 5.43. The van der Waals surface area contributed by atoms with Crippen molar-refractivity contribution in [2.45, 2.75) is 45.8 Å². The summed E-state index contributed by atoms with van der Waals surface area (Å²) >= 11 is 0. The summed E-state index contributed by atoms with van der Waals surface area (Å²) in [4.78, 5) is 14.1. The van der Waals surface area contributed by atoms with Gasteiger partial charge in [-0.3, -0.25) is 9.48 Å². The van der Waals surface area contributed by atoms with E-state index in [-0.39, 0.29) is 18.1 Å². The van der Waals surface area contributed by atoms with E-state index in [0.717, 1.165) is 17.7 Å². The summed E-state index contributed by atoms with van der Waals surface area (Å²) < 4.78 is 7.49. The molecule has 0 N–H and O–H groups in total. The number of ether oxygens (including phenoxy) is 1. The topological polar surface area (TPSA) is 47.4 Å². The molecule has 0 radical (unpaired) electrons. The number of carbonyl (C=O) groups excluding carboxylic acids is 1. The summed E-state index contributed by atoms with van der Waals surface area (Å²) in [6.45, 7) is 7.47. The molecule has 2 unspecified atom stereocenters. The van der Waals surface area contributed by atoms with Crippen molar-refractivity contribution < 1.29 is 9.53 Å². The highest BCUT2D eigenvalue weighted by Gasteiger charge is 2.25. The van der Waals surface area contributed by atoms with Gasteiger partial charge in [0.2, 0.25) is 5.91 Å². The second kappa shape index (κ2) is 5.74. The van der Waals surface area contributed by atoms with Gasteiger partial charge in [0.25, 0.3) is 0 Å². The molecule has 1 amide bonds. The summed E-state index contributed by atoms with van der Waals surface area (Å²) in [5.41, 5.74) is 2.29. The van der Waals surface area contributed by atoms with Gasteiger partial charge in [0.05, 0.1) is 18.4 Å². The number of rotatable bonds is 3. The zero-order valence-electron chi connectivity index (χ0n) is 12.2. The lowest BCUT2D eigenvalue weighted by atomic mass is 10.1. The molecule has 0 saturated carbocycles. The van der Waals surface area contributed by atoms with Crippen LogP contribution in [0, 0.1) is 6.92 Å². The van der Waals surface area contributed by atoms with Gasteiger partial charge in [-0.15, -0.1) is 0 Å². The molecule has 2 heterocycles. The molecule has 5 heteroatoms. The number of hydrogen-bond donors (Lipinski definition) is 0. The van der Waals surface area contributed by atoms with Gasteiger partial charge in [-0.25, -0.2) is 0 Å². The molecular formula is C14H23N3O2. The van der Waals surface area contributed by atoms with Crippen molar-refractivity contribution >= 4 is 5.91 Å². The van der Waals surface area contributed by atoms with Crippen LogP contribution >= 0.6 is 0 Å². The van der Waals surface area contributed by atoms with Gasteiger partial charge < -0.3 is 9.64 Å². The molecule has 0 bridgehead atoms. The van der Waals surface area contributed by atoms with Crippen molar-refractivity contribution in [1.82, 2.24) is 14.7 Å². The van der Waals surface area contributed by atoms with Crippen LogP contribution in [0.25, 0.3) is 0 Å². The van der Waals surface area contributed by atoms with E-state index in [1.807, 2.05) is 43.6 Å². The lowest BCUT2D eigenvalue weighted by Gasteiger charge is -2.35. The monoisotopic (exact) mass is 265 g/mol. The highest BCUT2D eigenvalue weighted by molar-refractivity contribution is 5.76. The van der Waals surface area contributed by atoms with Crippen LogP contribution in [0.5, 0.6) is 0 Å². The van der Waals surface area contributed by atoms with Crippen LogP contribution in [0.1, 0.15) is 31.5 Å². The van der Waals surface area contributed by atoms with Crippen LogP contribution in [-0.2, 0) is 23.0 Å². The van der Waals surface area contributed by atoms with Crippen molar-refractivity contribution in [2.75, 3.05) is 13.1 Å². The zero-order valence-corrected chi connectivity index (χ0v) is 12.2. The summed E-state index contributed by atoms with van der Waals surface area (Å²) in [5.74, 6) is 0.213. The molecule has 1 fully saturated rings. The highest BCUT2D eigenvalue weighted by atomic mass is 16.5. The average molecular weight is 265 g/mol. The summed E-state index contributed by atoms with van der Waals surface area (Å²) in [5, 5.41) is 4.20. The van der Waals surface area contributed by atoms with E-state index in [0.29, 0.717) is 19.5 Å². The molecule has 2 atom stereocenters. The zero-order chi connectivity index (χ0) is 14.0. The molecule has 1 aliphatic heterocycles. The highest BCUT2D eigenvalue weighted by Crippen LogP contribution is 2.14. The van der Waals surface area contributed by atoms with E-state index in [1.165, 1.54) is 0 Å². The fourth-order valence-electron chi connectivity index (χ4n) is 2.57. The molecule has 2 rings (SSSR count). The summed E-state index contributed by atoms with van der Waals surface area (Å²) in [6, 6.07) is 0. The Labute approximate surface area is 114 Å². The van der Waals surface area contributed by atoms with Gasteiger partial charge in [0.15, 0.2) is 0 Å². The second-order valence-electron chi connectivity index (χ2n) is 5.43. The summed E-state index contributed by atoms with van der Waals surface area (Å²) in [7, 11) is 1.92. The minimum absolute atomic E-state index is 0.132. The third kappa shape index (κ3) is 3.35. The molecule has 106 valence electrons. The fourth-order valence-corrected chi connectivity index (χ4v) is 2.57. The molecule has 1 aromatic rings. The molecule has 19 heavy (non-hydrogen) atoms. The Balaban J connectivity index is 1.89. The number of morpholine rings is 1. The van der Waals surface area contributed by atoms with Crippen LogP contribution in [0.15, 0.2) is 6.20 Å². The SMILES string of the molecule is Cc1c(CCC(=O)N2CC(C)OC(C)C2)cnn1C. The van der Waals surface area contributed by atoms with Crippen molar-refractivity contribution in [3.05, 3.63) is 17.5 Å². The van der Waals surface area contributed by atoms with Gasteiger partial charge in [-0.1, -0.05) is 0 Å². The van der Waals surface area contributed by atoms with E-state index in [2.05, 4.69) is 5.10 Å². The van der Waals surface area contributed by atoms with Crippen molar-refractivity contribution in [3.63, 3.8) is 0 Å². The van der Waals surface area contributed by atoms with E-state index in [4.69, 9.17) is 4.74 Å². The first kappa shape index (κ1) is 14.1. The maximum atomic E-state index is 12.2. The largest absolute Gasteiger partial charge is 0.372 e. The lowest BCUT2D eigenvalue weighted by Crippen LogP contribution is -2.48. The number of amides is 1. The average Bonchev–Trinajstić information content (AvgIpc) is 2.66. The van der Waals surface area contributed by atoms with Crippen molar-refractivity contribution in [2.24, 2.45) is 7.05 Å². The van der Waals surface area contributed by atoms with Crippen LogP contribution in [0.4, 0.5) is 0 Å².